The van der Waals surface area contributed by atoms with Crippen molar-refractivity contribution in [1.29, 1.82) is 0 Å². The molecular formula is C20H20N4O3S. The van der Waals surface area contributed by atoms with Crippen molar-refractivity contribution in [2.75, 3.05) is 12.4 Å². The van der Waals surface area contributed by atoms with Crippen molar-refractivity contribution >= 4 is 33.3 Å². The Morgan fingerprint density at radius 2 is 2.18 bits per heavy atom. The van der Waals surface area contributed by atoms with Gasteiger partial charge in [0.15, 0.2) is 10.9 Å². The number of nitrogens with zero attached hydrogens (tertiary/aromatic N) is 3. The molecule has 0 aliphatic carbocycles. The lowest BCUT2D eigenvalue weighted by molar-refractivity contribution is 0.0998. The van der Waals surface area contributed by atoms with Gasteiger partial charge in [-0.25, -0.2) is 4.98 Å². The lowest BCUT2D eigenvalue weighted by Gasteiger charge is -2.00. The second-order valence-electron chi connectivity index (χ2n) is 6.37. The molecule has 0 aliphatic heterocycles. The molecule has 0 fully saturated rings. The fourth-order valence-corrected chi connectivity index (χ4v) is 3.88. The van der Waals surface area contributed by atoms with Crippen LogP contribution in [0.5, 0.6) is 5.75 Å². The van der Waals surface area contributed by atoms with Gasteiger partial charge in [0.05, 0.1) is 19.0 Å². The Balaban J connectivity index is 1.59. The Morgan fingerprint density at radius 3 is 2.89 bits per heavy atom. The van der Waals surface area contributed by atoms with Gasteiger partial charge in [0.2, 0.25) is 0 Å². The molecule has 3 heterocycles. The summed E-state index contributed by atoms with van der Waals surface area (Å²) in [4.78, 5) is 17.3. The zero-order valence-electron chi connectivity index (χ0n) is 16.1. The molecule has 1 aromatic carbocycles. The number of anilines is 1. The summed E-state index contributed by atoms with van der Waals surface area (Å²) in [5.41, 5.74) is 4.21. The second-order valence-corrected chi connectivity index (χ2v) is 7.23. The van der Waals surface area contributed by atoms with Crippen LogP contribution >= 0.6 is 11.3 Å². The molecule has 8 heteroatoms. The first-order chi connectivity index (χ1) is 13.5. The smallest absolute Gasteiger partial charge is 0.293 e. The Morgan fingerprint density at radius 1 is 1.36 bits per heavy atom. The Hall–Kier alpha value is -3.13. The van der Waals surface area contributed by atoms with Crippen LogP contribution in [0.25, 0.3) is 22.2 Å². The first-order valence-corrected chi connectivity index (χ1v) is 9.76. The highest BCUT2D eigenvalue weighted by molar-refractivity contribution is 7.14. The Bertz CT molecular complexity index is 1170. The van der Waals surface area contributed by atoms with Gasteiger partial charge in [-0.1, -0.05) is 0 Å². The number of carbonyl (C=O) groups is 1. The standard InChI is InChI=1S/C20H20N4O3S/c1-5-24-12(3)15(9-21-24)16-10-28-20(22-16)23-19(25)18-11(2)14-7-6-13(26-4)8-17(14)27-18/h6-10H,5H2,1-4H3,(H,22,23,25). The van der Waals surface area contributed by atoms with E-state index in [2.05, 4.69) is 15.4 Å². The van der Waals surface area contributed by atoms with Crippen LogP contribution in [0.1, 0.15) is 28.7 Å². The third-order valence-electron chi connectivity index (χ3n) is 4.75. The number of aryl methyl sites for hydroxylation is 2. The average molecular weight is 396 g/mol. The highest BCUT2D eigenvalue weighted by Crippen LogP contribution is 2.31. The molecule has 28 heavy (non-hydrogen) atoms. The highest BCUT2D eigenvalue weighted by atomic mass is 32.1. The largest absolute Gasteiger partial charge is 0.497 e. The van der Waals surface area contributed by atoms with Crippen LogP contribution in [-0.4, -0.2) is 27.8 Å². The van der Waals surface area contributed by atoms with Gasteiger partial charge in [0.25, 0.3) is 5.91 Å². The number of furan rings is 1. The quantitative estimate of drug-likeness (QED) is 0.531. The van der Waals surface area contributed by atoms with E-state index in [4.69, 9.17) is 9.15 Å². The van der Waals surface area contributed by atoms with Gasteiger partial charge in [-0.15, -0.1) is 11.3 Å². The van der Waals surface area contributed by atoms with Gasteiger partial charge in [-0.2, -0.15) is 5.10 Å². The van der Waals surface area contributed by atoms with Crippen LogP contribution in [0.2, 0.25) is 0 Å². The molecule has 0 spiro atoms. The maximum Gasteiger partial charge on any atom is 0.293 e. The molecule has 0 radical (unpaired) electrons. The van der Waals surface area contributed by atoms with Crippen molar-refractivity contribution in [3.63, 3.8) is 0 Å². The van der Waals surface area contributed by atoms with Gasteiger partial charge in [-0.3, -0.25) is 14.8 Å². The summed E-state index contributed by atoms with van der Waals surface area (Å²) in [5.74, 6) is 0.630. The molecule has 7 nitrogen and oxygen atoms in total. The topological polar surface area (TPSA) is 82.2 Å². The molecule has 0 saturated carbocycles. The third kappa shape index (κ3) is 3.05. The van der Waals surface area contributed by atoms with E-state index in [-0.39, 0.29) is 11.7 Å². The van der Waals surface area contributed by atoms with Crippen LogP contribution in [0, 0.1) is 13.8 Å². The maximum atomic E-state index is 12.7. The summed E-state index contributed by atoms with van der Waals surface area (Å²) in [6, 6.07) is 5.51. The van der Waals surface area contributed by atoms with Gasteiger partial charge in [0.1, 0.15) is 11.3 Å². The fraction of sp³-hybridized carbons (Fsp3) is 0.250. The number of ether oxygens (including phenoxy) is 1. The van der Waals surface area contributed by atoms with E-state index < -0.39 is 0 Å². The Kier molecular flexibility index (Phi) is 4.64. The van der Waals surface area contributed by atoms with Crippen LogP contribution in [-0.2, 0) is 6.54 Å². The number of hydrogen-bond acceptors (Lipinski definition) is 6. The number of amides is 1. The maximum absolute atomic E-state index is 12.7. The van der Waals surface area contributed by atoms with Crippen LogP contribution in [0.15, 0.2) is 34.2 Å². The predicted molar refractivity (Wildman–Crippen MR) is 109 cm³/mol. The van der Waals surface area contributed by atoms with E-state index in [0.29, 0.717) is 16.5 Å². The molecule has 4 aromatic rings. The summed E-state index contributed by atoms with van der Waals surface area (Å²) in [6.45, 7) is 6.72. The number of methoxy groups -OCH3 is 1. The number of fused-ring (bicyclic) bond motifs is 1. The molecule has 0 saturated heterocycles. The zero-order valence-corrected chi connectivity index (χ0v) is 16.9. The van der Waals surface area contributed by atoms with Crippen LogP contribution < -0.4 is 10.1 Å². The van der Waals surface area contributed by atoms with Gasteiger partial charge in [0, 0.05) is 40.2 Å². The van der Waals surface area contributed by atoms with Crippen molar-refractivity contribution in [2.24, 2.45) is 0 Å². The first-order valence-electron chi connectivity index (χ1n) is 8.88. The Labute approximate surface area is 166 Å². The normalized spacial score (nSPS) is 11.1. The molecule has 3 aromatic heterocycles. The summed E-state index contributed by atoms with van der Waals surface area (Å²) in [5, 5.41) is 10.5. The minimum Gasteiger partial charge on any atom is -0.497 e. The number of rotatable bonds is 5. The number of nitrogens with one attached hydrogen (secondary N) is 1. The van der Waals surface area contributed by atoms with E-state index in [1.807, 2.05) is 43.0 Å². The van der Waals surface area contributed by atoms with Crippen molar-refractivity contribution in [2.45, 2.75) is 27.3 Å². The number of benzene rings is 1. The number of carbonyl (C=O) groups excluding carboxylic acids is 1. The van der Waals surface area contributed by atoms with E-state index in [1.165, 1.54) is 11.3 Å². The molecule has 0 bridgehead atoms. The highest BCUT2D eigenvalue weighted by Gasteiger charge is 2.20. The molecule has 0 atom stereocenters. The summed E-state index contributed by atoms with van der Waals surface area (Å²) >= 11 is 1.37. The zero-order chi connectivity index (χ0) is 19.8. The predicted octanol–water partition coefficient (Wildman–Crippen LogP) is 4.65. The molecule has 1 amide bonds. The van der Waals surface area contributed by atoms with Gasteiger partial charge in [-0.05, 0) is 32.9 Å². The molecule has 0 unspecified atom stereocenters. The molecular weight excluding hydrogens is 376 g/mol. The van der Waals surface area contributed by atoms with Gasteiger partial charge < -0.3 is 9.15 Å². The summed E-state index contributed by atoms with van der Waals surface area (Å²) in [7, 11) is 1.59. The van der Waals surface area contributed by atoms with Crippen molar-refractivity contribution < 1.29 is 13.9 Å². The van der Waals surface area contributed by atoms with Crippen LogP contribution in [0.3, 0.4) is 0 Å². The molecule has 4 rings (SSSR count). The number of aromatic nitrogens is 3. The lowest BCUT2D eigenvalue weighted by Crippen LogP contribution is -2.11. The summed E-state index contributed by atoms with van der Waals surface area (Å²) < 4.78 is 12.9. The number of hydrogen-bond donors (Lipinski definition) is 1. The number of thiazole rings is 1. The van der Waals surface area contributed by atoms with E-state index in [1.54, 1.807) is 19.4 Å². The minimum absolute atomic E-state index is 0.273. The fourth-order valence-electron chi connectivity index (χ4n) is 3.17. The van der Waals surface area contributed by atoms with Crippen molar-refractivity contribution in [1.82, 2.24) is 14.8 Å². The third-order valence-corrected chi connectivity index (χ3v) is 5.51. The monoisotopic (exact) mass is 396 g/mol. The minimum atomic E-state index is -0.324. The average Bonchev–Trinajstić information content (AvgIpc) is 3.39. The molecule has 0 aliphatic rings. The van der Waals surface area contributed by atoms with Crippen molar-refractivity contribution in [3.8, 4) is 17.0 Å². The van der Waals surface area contributed by atoms with E-state index in [0.717, 1.165) is 34.4 Å². The SMILES string of the molecule is CCn1ncc(-c2csc(NC(=O)c3oc4cc(OC)ccc4c3C)n2)c1C. The van der Waals surface area contributed by atoms with Crippen molar-refractivity contribution in [3.05, 3.63) is 46.8 Å². The van der Waals surface area contributed by atoms with E-state index in [9.17, 15) is 4.79 Å². The molecule has 144 valence electrons. The van der Waals surface area contributed by atoms with E-state index >= 15 is 0 Å². The summed E-state index contributed by atoms with van der Waals surface area (Å²) in [6.07, 6.45) is 1.80. The van der Waals surface area contributed by atoms with Gasteiger partial charge >= 0.3 is 0 Å². The molecule has 1 N–H and O–H groups in total. The first kappa shape index (κ1) is 18.2. The lowest BCUT2D eigenvalue weighted by atomic mass is 10.1. The second kappa shape index (κ2) is 7.12. The van der Waals surface area contributed by atoms with Crippen LogP contribution in [0.4, 0.5) is 5.13 Å².